The molecule has 6 nitrogen and oxygen atoms in total. The summed E-state index contributed by atoms with van der Waals surface area (Å²) in [5.74, 6) is -1.19. The Bertz CT molecular complexity index is 999. The number of esters is 1. The number of ketones is 1. The van der Waals surface area contributed by atoms with Crippen LogP contribution in [-0.4, -0.2) is 26.8 Å². The van der Waals surface area contributed by atoms with Crippen molar-refractivity contribution in [3.05, 3.63) is 63.2 Å². The van der Waals surface area contributed by atoms with Gasteiger partial charge in [-0.05, 0) is 61.7 Å². The fourth-order valence-corrected chi connectivity index (χ4v) is 3.47. The number of primary sulfonamides is 1. The lowest BCUT2D eigenvalue weighted by Crippen LogP contribution is -2.17. The molecule has 0 saturated carbocycles. The Labute approximate surface area is 157 Å². The van der Waals surface area contributed by atoms with E-state index in [1.807, 2.05) is 19.9 Å². The second kappa shape index (κ2) is 7.57. The zero-order chi connectivity index (χ0) is 19.6. The number of carbonyl (C=O) groups excluding carboxylic acids is 2. The van der Waals surface area contributed by atoms with Crippen LogP contribution in [0.1, 0.15) is 37.4 Å². The quantitative estimate of drug-likeness (QED) is 0.619. The van der Waals surface area contributed by atoms with Crippen LogP contribution in [0.2, 0.25) is 5.02 Å². The van der Waals surface area contributed by atoms with E-state index in [2.05, 4.69) is 0 Å². The number of nitrogens with two attached hydrogens (primary N) is 1. The van der Waals surface area contributed by atoms with E-state index >= 15 is 0 Å². The Balaban J connectivity index is 2.17. The third-order valence-corrected chi connectivity index (χ3v) is 5.34. The SMILES string of the molecule is Cc1cc(C)c(C(=O)COC(=O)c2ccc(Cl)c(S(N)(=O)=O)c2)cc1C. The molecular weight excluding hydrogens is 378 g/mol. The predicted octanol–water partition coefficient (Wildman–Crippen LogP) is 2.95. The second-order valence-electron chi connectivity index (χ2n) is 5.94. The molecule has 2 N–H and O–H groups in total. The lowest BCUT2D eigenvalue weighted by atomic mass is 9.98. The number of ether oxygens (including phenoxy) is 1. The summed E-state index contributed by atoms with van der Waals surface area (Å²) in [6, 6.07) is 7.19. The summed E-state index contributed by atoms with van der Waals surface area (Å²) in [7, 11) is -4.08. The summed E-state index contributed by atoms with van der Waals surface area (Å²) in [4.78, 5) is 24.1. The molecule has 0 unspecified atom stereocenters. The van der Waals surface area contributed by atoms with Gasteiger partial charge in [0.1, 0.15) is 4.90 Å². The summed E-state index contributed by atoms with van der Waals surface area (Å²) >= 11 is 5.77. The predicted molar refractivity (Wildman–Crippen MR) is 98.1 cm³/mol. The third-order valence-electron chi connectivity index (χ3n) is 3.95. The molecule has 26 heavy (non-hydrogen) atoms. The molecule has 2 aromatic carbocycles. The van der Waals surface area contributed by atoms with Crippen LogP contribution in [0.15, 0.2) is 35.2 Å². The summed E-state index contributed by atoms with van der Waals surface area (Å²) < 4.78 is 27.9. The summed E-state index contributed by atoms with van der Waals surface area (Å²) in [5.41, 5.74) is 3.22. The Morgan fingerprint density at radius 3 is 2.27 bits per heavy atom. The molecule has 2 aromatic rings. The second-order valence-corrected chi connectivity index (χ2v) is 7.88. The molecule has 0 saturated heterocycles. The molecular formula is C18H18ClNO5S. The molecule has 0 atom stereocenters. The summed E-state index contributed by atoms with van der Waals surface area (Å²) in [5, 5.41) is 4.94. The first-order chi connectivity index (χ1) is 12.0. The van der Waals surface area contributed by atoms with Crippen molar-refractivity contribution < 1.29 is 22.7 Å². The van der Waals surface area contributed by atoms with Crippen molar-refractivity contribution >= 4 is 33.4 Å². The van der Waals surface area contributed by atoms with E-state index in [-0.39, 0.29) is 21.3 Å². The summed E-state index contributed by atoms with van der Waals surface area (Å²) in [6.45, 7) is 5.18. The number of hydrogen-bond donors (Lipinski definition) is 1. The Morgan fingerprint density at radius 1 is 1.04 bits per heavy atom. The zero-order valence-corrected chi connectivity index (χ0v) is 16.1. The van der Waals surface area contributed by atoms with Crippen molar-refractivity contribution in [2.24, 2.45) is 5.14 Å². The molecule has 0 bridgehead atoms. The van der Waals surface area contributed by atoms with Gasteiger partial charge in [-0.25, -0.2) is 18.4 Å². The first-order valence-corrected chi connectivity index (χ1v) is 9.53. The van der Waals surface area contributed by atoms with Gasteiger partial charge in [0.15, 0.2) is 6.61 Å². The van der Waals surface area contributed by atoms with Gasteiger partial charge in [-0.15, -0.1) is 0 Å². The van der Waals surface area contributed by atoms with Gasteiger partial charge < -0.3 is 4.74 Å². The highest BCUT2D eigenvalue weighted by Gasteiger charge is 2.19. The van der Waals surface area contributed by atoms with Crippen LogP contribution < -0.4 is 5.14 Å². The molecule has 0 spiro atoms. The topological polar surface area (TPSA) is 104 Å². The van der Waals surface area contributed by atoms with Crippen LogP contribution >= 0.6 is 11.6 Å². The first kappa shape index (κ1) is 20.1. The van der Waals surface area contributed by atoms with Crippen molar-refractivity contribution in [1.29, 1.82) is 0 Å². The molecule has 0 heterocycles. The van der Waals surface area contributed by atoms with E-state index in [1.54, 1.807) is 13.0 Å². The highest BCUT2D eigenvalue weighted by molar-refractivity contribution is 7.89. The fraction of sp³-hybridized carbons (Fsp3) is 0.222. The number of benzene rings is 2. The van der Waals surface area contributed by atoms with Crippen molar-refractivity contribution in [1.82, 2.24) is 0 Å². The fourth-order valence-electron chi connectivity index (χ4n) is 2.40. The largest absolute Gasteiger partial charge is 0.454 e. The average Bonchev–Trinajstić information content (AvgIpc) is 2.55. The van der Waals surface area contributed by atoms with Crippen LogP contribution in [0.4, 0.5) is 0 Å². The van der Waals surface area contributed by atoms with Gasteiger partial charge in [-0.1, -0.05) is 17.7 Å². The van der Waals surface area contributed by atoms with Gasteiger partial charge in [0.25, 0.3) is 0 Å². The van der Waals surface area contributed by atoms with Crippen molar-refractivity contribution in [2.75, 3.05) is 6.61 Å². The molecule has 2 rings (SSSR count). The molecule has 138 valence electrons. The van der Waals surface area contributed by atoms with E-state index in [4.69, 9.17) is 21.5 Å². The Kier molecular flexibility index (Phi) is 5.85. The number of halogens is 1. The van der Waals surface area contributed by atoms with Crippen LogP contribution in [0.25, 0.3) is 0 Å². The molecule has 0 aromatic heterocycles. The molecule has 0 aliphatic carbocycles. The maximum absolute atomic E-state index is 12.3. The maximum atomic E-state index is 12.3. The number of rotatable bonds is 5. The van der Waals surface area contributed by atoms with Gasteiger partial charge in [0.05, 0.1) is 10.6 Å². The van der Waals surface area contributed by atoms with Crippen molar-refractivity contribution in [2.45, 2.75) is 25.7 Å². The zero-order valence-electron chi connectivity index (χ0n) is 14.5. The van der Waals surface area contributed by atoms with Gasteiger partial charge in [0, 0.05) is 5.56 Å². The molecule has 0 aliphatic rings. The van der Waals surface area contributed by atoms with E-state index in [0.717, 1.165) is 22.8 Å². The smallest absolute Gasteiger partial charge is 0.338 e. The highest BCUT2D eigenvalue weighted by Crippen LogP contribution is 2.22. The molecule has 8 heteroatoms. The lowest BCUT2D eigenvalue weighted by molar-refractivity contribution is 0.0474. The number of hydrogen-bond acceptors (Lipinski definition) is 5. The molecule has 0 amide bonds. The standard InChI is InChI=1S/C18H18ClNO5S/c1-10-6-12(3)14(7-11(10)2)16(21)9-25-18(22)13-4-5-15(19)17(8-13)26(20,23)24/h4-8H,9H2,1-3H3,(H2,20,23,24). The molecule has 0 aliphatic heterocycles. The van der Waals surface area contributed by atoms with Gasteiger partial charge in [0.2, 0.25) is 15.8 Å². The van der Waals surface area contributed by atoms with Gasteiger partial charge in [-0.3, -0.25) is 4.79 Å². The normalized spacial score (nSPS) is 11.3. The van der Waals surface area contributed by atoms with Crippen LogP contribution in [0.5, 0.6) is 0 Å². The minimum absolute atomic E-state index is 0.0666. The minimum Gasteiger partial charge on any atom is -0.454 e. The monoisotopic (exact) mass is 395 g/mol. The Morgan fingerprint density at radius 2 is 1.65 bits per heavy atom. The lowest BCUT2D eigenvalue weighted by Gasteiger charge is -2.10. The van der Waals surface area contributed by atoms with E-state index < -0.39 is 22.6 Å². The Hall–Kier alpha value is -2.22. The van der Waals surface area contributed by atoms with E-state index in [0.29, 0.717) is 5.56 Å². The highest BCUT2D eigenvalue weighted by atomic mass is 35.5. The molecule has 0 fully saturated rings. The van der Waals surface area contributed by atoms with Crippen molar-refractivity contribution in [3.63, 3.8) is 0 Å². The first-order valence-electron chi connectivity index (χ1n) is 7.61. The van der Waals surface area contributed by atoms with Gasteiger partial charge in [-0.2, -0.15) is 0 Å². The maximum Gasteiger partial charge on any atom is 0.338 e. The summed E-state index contributed by atoms with van der Waals surface area (Å²) in [6.07, 6.45) is 0. The molecule has 0 radical (unpaired) electrons. The van der Waals surface area contributed by atoms with Crippen LogP contribution in [-0.2, 0) is 14.8 Å². The average molecular weight is 396 g/mol. The van der Waals surface area contributed by atoms with Crippen molar-refractivity contribution in [3.8, 4) is 0 Å². The van der Waals surface area contributed by atoms with Crippen LogP contribution in [0.3, 0.4) is 0 Å². The number of aryl methyl sites for hydroxylation is 3. The van der Waals surface area contributed by atoms with E-state index in [9.17, 15) is 18.0 Å². The van der Waals surface area contributed by atoms with E-state index in [1.165, 1.54) is 12.1 Å². The number of Topliss-reactive ketones (excluding diaryl/α,β-unsaturated/α-hetero) is 1. The van der Waals surface area contributed by atoms with Gasteiger partial charge >= 0.3 is 5.97 Å². The minimum atomic E-state index is -4.08. The third kappa shape index (κ3) is 4.49. The number of carbonyl (C=O) groups is 2. The van der Waals surface area contributed by atoms with Crippen LogP contribution in [0, 0.1) is 20.8 Å². The number of sulfonamides is 1.